The van der Waals surface area contributed by atoms with Gasteiger partial charge in [-0.3, -0.25) is 13.9 Å². The van der Waals surface area contributed by atoms with Crippen molar-refractivity contribution in [1.82, 2.24) is 24.6 Å². The third-order valence-corrected chi connectivity index (χ3v) is 11.2. The van der Waals surface area contributed by atoms with Gasteiger partial charge in [-0.05, 0) is 93.1 Å². The molecular formula is C36H43N5O5S. The molecule has 0 radical (unpaired) electrons. The molecule has 3 N–H and O–H groups in total. The van der Waals surface area contributed by atoms with Gasteiger partial charge < -0.3 is 14.5 Å². The number of para-hydroxylation sites is 1. The van der Waals surface area contributed by atoms with Crippen LogP contribution in [-0.2, 0) is 13.1 Å². The van der Waals surface area contributed by atoms with Crippen LogP contribution in [0.4, 0.5) is 0 Å². The molecule has 0 bridgehead atoms. The number of ether oxygens (including phenoxy) is 1. The van der Waals surface area contributed by atoms with Crippen LogP contribution in [-0.4, -0.2) is 52.5 Å². The molecule has 1 amide bonds. The summed E-state index contributed by atoms with van der Waals surface area (Å²) in [4.78, 5) is 13.8. The number of carbonyl (C=O) groups excluding carboxylic acids is 1. The SMILES string of the molecule is CCC1CN(Cc2cc([C@@H](c3ccc4c(nnn4CC)c3C)C(C)(C)NC(=O)c3ccoc3)ccc2C)S(O)(O)c2ccccc2O1. The Labute approximate surface area is 277 Å². The molecule has 1 aliphatic heterocycles. The molecule has 3 heterocycles. The molecule has 3 aromatic carbocycles. The summed E-state index contributed by atoms with van der Waals surface area (Å²) < 4.78 is 38.4. The second-order valence-corrected chi connectivity index (χ2v) is 14.8. The van der Waals surface area contributed by atoms with Crippen LogP contribution >= 0.6 is 10.8 Å². The van der Waals surface area contributed by atoms with Crippen LogP contribution in [0.25, 0.3) is 11.0 Å². The standard InChI is InChI=1S/C36H43N5O5S/c1-7-28-21-40(47(43,44)32-12-10-9-11-31(32)46-28)20-27-19-25(14-13-23(27)3)33(36(5,6)37-35(42)26-17-18-45-22-26)29-15-16-30-34(24(29)4)38-39-41(30)8-2/h9-19,22,28,33,43-44H,7-8,20-21H2,1-6H3,(H,37,42)/t28?,33-/m0/s1. The highest BCUT2D eigenvalue weighted by atomic mass is 32.3. The van der Waals surface area contributed by atoms with E-state index in [2.05, 4.69) is 46.8 Å². The second-order valence-electron chi connectivity index (χ2n) is 12.8. The van der Waals surface area contributed by atoms with Gasteiger partial charge in [0.25, 0.3) is 5.91 Å². The van der Waals surface area contributed by atoms with E-state index in [4.69, 9.17) is 9.15 Å². The highest BCUT2D eigenvalue weighted by molar-refractivity contribution is 8.22. The van der Waals surface area contributed by atoms with E-state index in [1.165, 1.54) is 12.5 Å². The normalized spacial score (nSPS) is 17.8. The fraction of sp³-hybridized carbons (Fsp3) is 0.361. The number of nitrogens with zero attached hydrogens (tertiary/aromatic N) is 4. The first-order valence-corrected chi connectivity index (χ1v) is 17.5. The average molecular weight is 658 g/mol. The quantitative estimate of drug-likeness (QED) is 0.147. The molecule has 0 fully saturated rings. The number of fused-ring (bicyclic) bond motifs is 2. The first kappa shape index (κ1) is 32.8. The van der Waals surface area contributed by atoms with Crippen molar-refractivity contribution in [2.24, 2.45) is 0 Å². The van der Waals surface area contributed by atoms with Crippen LogP contribution in [0.2, 0.25) is 0 Å². The molecule has 0 aliphatic carbocycles. The minimum Gasteiger partial charge on any atom is -0.487 e. The number of nitrogens with one attached hydrogen (secondary N) is 1. The van der Waals surface area contributed by atoms with Crippen LogP contribution in [0.1, 0.15) is 78.2 Å². The number of hydrogen-bond donors (Lipinski definition) is 3. The molecule has 2 aromatic heterocycles. The van der Waals surface area contributed by atoms with Crippen molar-refractivity contribution in [3.05, 3.63) is 107 Å². The van der Waals surface area contributed by atoms with E-state index in [1.807, 2.05) is 51.4 Å². The van der Waals surface area contributed by atoms with Crippen molar-refractivity contribution in [3.63, 3.8) is 0 Å². The van der Waals surface area contributed by atoms with E-state index >= 15 is 0 Å². The zero-order valence-corrected chi connectivity index (χ0v) is 28.5. The van der Waals surface area contributed by atoms with Gasteiger partial charge in [0.15, 0.2) is 0 Å². The summed E-state index contributed by atoms with van der Waals surface area (Å²) >= 11 is 0. The molecule has 248 valence electrons. The van der Waals surface area contributed by atoms with Crippen molar-refractivity contribution in [1.29, 1.82) is 0 Å². The van der Waals surface area contributed by atoms with E-state index in [0.29, 0.717) is 35.8 Å². The number of amides is 1. The van der Waals surface area contributed by atoms with E-state index in [1.54, 1.807) is 28.6 Å². The van der Waals surface area contributed by atoms with E-state index in [0.717, 1.165) is 45.3 Å². The lowest BCUT2D eigenvalue weighted by atomic mass is 9.74. The fourth-order valence-electron chi connectivity index (χ4n) is 6.60. The average Bonchev–Trinajstić information content (AvgIpc) is 3.72. The van der Waals surface area contributed by atoms with Gasteiger partial charge in [0.2, 0.25) is 0 Å². The van der Waals surface area contributed by atoms with Crippen LogP contribution in [0.15, 0.2) is 82.5 Å². The molecular weight excluding hydrogens is 614 g/mol. The maximum Gasteiger partial charge on any atom is 0.254 e. The molecule has 0 saturated heterocycles. The summed E-state index contributed by atoms with van der Waals surface area (Å²) in [6.07, 6.45) is 3.44. The van der Waals surface area contributed by atoms with E-state index < -0.39 is 16.3 Å². The second kappa shape index (κ2) is 12.8. The van der Waals surface area contributed by atoms with Gasteiger partial charge >= 0.3 is 0 Å². The van der Waals surface area contributed by atoms with Crippen molar-refractivity contribution >= 4 is 27.7 Å². The lowest BCUT2D eigenvalue weighted by molar-refractivity contribution is 0.0905. The molecule has 0 spiro atoms. The number of aryl methyl sites for hydroxylation is 3. The van der Waals surface area contributed by atoms with Crippen LogP contribution in [0.3, 0.4) is 0 Å². The van der Waals surface area contributed by atoms with Crippen molar-refractivity contribution in [3.8, 4) is 5.75 Å². The van der Waals surface area contributed by atoms with Gasteiger partial charge in [0.05, 0.1) is 23.9 Å². The zero-order chi connectivity index (χ0) is 33.5. The molecule has 1 unspecified atom stereocenters. The number of hydrogen-bond acceptors (Lipinski definition) is 8. The van der Waals surface area contributed by atoms with Gasteiger partial charge in [-0.25, -0.2) is 4.68 Å². The van der Waals surface area contributed by atoms with Crippen molar-refractivity contribution < 1.29 is 23.1 Å². The van der Waals surface area contributed by atoms with Crippen LogP contribution in [0, 0.1) is 13.8 Å². The van der Waals surface area contributed by atoms with Gasteiger partial charge in [0, 0.05) is 24.5 Å². The molecule has 47 heavy (non-hydrogen) atoms. The molecule has 1 aliphatic rings. The molecule has 10 nitrogen and oxygen atoms in total. The lowest BCUT2D eigenvalue weighted by Gasteiger charge is -2.42. The molecule has 6 rings (SSSR count). The topological polar surface area (TPSA) is 126 Å². The van der Waals surface area contributed by atoms with E-state index in [9.17, 15) is 13.9 Å². The number of rotatable bonds is 9. The lowest BCUT2D eigenvalue weighted by Crippen LogP contribution is -2.48. The third-order valence-electron chi connectivity index (χ3n) is 9.25. The Kier molecular flexibility index (Phi) is 8.92. The minimum absolute atomic E-state index is 0.205. The van der Waals surface area contributed by atoms with Crippen molar-refractivity contribution in [2.75, 3.05) is 6.54 Å². The zero-order valence-electron chi connectivity index (χ0n) is 27.7. The maximum absolute atomic E-state index is 13.4. The van der Waals surface area contributed by atoms with Gasteiger partial charge in [-0.2, -0.15) is 4.31 Å². The first-order chi connectivity index (χ1) is 22.4. The smallest absolute Gasteiger partial charge is 0.254 e. The Hall–Kier alpha value is -4.16. The highest BCUT2D eigenvalue weighted by Crippen LogP contribution is 2.57. The summed E-state index contributed by atoms with van der Waals surface area (Å²) in [7, 11) is -3.34. The van der Waals surface area contributed by atoms with E-state index in [-0.39, 0.29) is 17.9 Å². The number of carbonyl (C=O) groups is 1. The fourth-order valence-corrected chi connectivity index (χ4v) is 8.22. The Bertz CT molecular complexity index is 1900. The molecule has 2 atom stereocenters. The molecule has 11 heteroatoms. The Morgan fingerprint density at radius 1 is 1.11 bits per heavy atom. The number of benzene rings is 3. The number of furan rings is 1. The minimum atomic E-state index is -3.34. The molecule has 0 saturated carbocycles. The Morgan fingerprint density at radius 2 is 1.89 bits per heavy atom. The summed E-state index contributed by atoms with van der Waals surface area (Å²) in [5, 5.41) is 12.1. The predicted molar refractivity (Wildman–Crippen MR) is 184 cm³/mol. The predicted octanol–water partition coefficient (Wildman–Crippen LogP) is 7.70. The monoisotopic (exact) mass is 657 g/mol. The van der Waals surface area contributed by atoms with Gasteiger partial charge in [-0.15, -0.1) is 15.9 Å². The van der Waals surface area contributed by atoms with Gasteiger partial charge in [0.1, 0.15) is 28.5 Å². The largest absolute Gasteiger partial charge is 0.487 e. The summed E-state index contributed by atoms with van der Waals surface area (Å²) in [6, 6.07) is 19.3. The van der Waals surface area contributed by atoms with Crippen molar-refractivity contribution in [2.45, 2.75) is 83.5 Å². The van der Waals surface area contributed by atoms with Gasteiger partial charge in [-0.1, -0.05) is 48.5 Å². The summed E-state index contributed by atoms with van der Waals surface area (Å²) in [5.74, 6) is -0.0290. The van der Waals surface area contributed by atoms with Crippen LogP contribution in [0.5, 0.6) is 5.75 Å². The summed E-state index contributed by atoms with van der Waals surface area (Å²) in [5.41, 5.74) is 6.40. The number of aromatic nitrogens is 3. The highest BCUT2D eigenvalue weighted by Gasteiger charge is 2.38. The third kappa shape index (κ3) is 6.16. The maximum atomic E-state index is 13.4. The Morgan fingerprint density at radius 3 is 2.62 bits per heavy atom. The Balaban J connectivity index is 1.44. The molecule has 5 aromatic rings. The first-order valence-electron chi connectivity index (χ1n) is 16.0. The summed E-state index contributed by atoms with van der Waals surface area (Å²) in [6.45, 7) is 13.6. The van der Waals surface area contributed by atoms with Crippen LogP contribution < -0.4 is 10.1 Å².